The van der Waals surface area contributed by atoms with Gasteiger partial charge in [-0.2, -0.15) is 0 Å². The van der Waals surface area contributed by atoms with E-state index in [1.54, 1.807) is 42.2 Å². The van der Waals surface area contributed by atoms with Crippen LogP contribution < -0.4 is 16.0 Å². The van der Waals surface area contributed by atoms with Crippen LogP contribution in [0.1, 0.15) is 16.9 Å². The van der Waals surface area contributed by atoms with E-state index in [0.717, 1.165) is 63.0 Å². The molecule has 0 fully saturated rings. The van der Waals surface area contributed by atoms with E-state index in [1.165, 1.54) is 10.4 Å². The SMILES string of the molecule is COCCNCCC(=O)Nc1sc2c(c1-c1nc3ccc(-c4cnoc4)cc3s1)CCNC2. The number of carbonyl (C=O) groups is 1. The number of nitrogens with zero attached hydrogens (tertiary/aromatic N) is 2. The van der Waals surface area contributed by atoms with E-state index in [9.17, 15) is 4.79 Å². The fraction of sp³-hybridized carbons (Fsp3) is 0.348. The second-order valence-electron chi connectivity index (χ2n) is 7.79. The molecule has 0 unspecified atom stereocenters. The van der Waals surface area contributed by atoms with Crippen LogP contribution in [0, 0.1) is 0 Å². The summed E-state index contributed by atoms with van der Waals surface area (Å²) in [6.45, 7) is 3.73. The fourth-order valence-electron chi connectivity index (χ4n) is 3.90. The number of thiazole rings is 1. The molecule has 0 spiro atoms. The van der Waals surface area contributed by atoms with Crippen LogP contribution in [0.4, 0.5) is 5.00 Å². The molecule has 0 bridgehead atoms. The molecule has 3 N–H and O–H groups in total. The number of anilines is 1. The Bertz CT molecular complexity index is 1250. The molecule has 0 atom stereocenters. The zero-order chi connectivity index (χ0) is 22.6. The first-order valence-electron chi connectivity index (χ1n) is 10.9. The lowest BCUT2D eigenvalue weighted by Crippen LogP contribution is -2.24. The molecule has 33 heavy (non-hydrogen) atoms. The molecule has 10 heteroatoms. The van der Waals surface area contributed by atoms with Crippen LogP contribution in [0.2, 0.25) is 0 Å². The Balaban J connectivity index is 1.42. The van der Waals surface area contributed by atoms with Crippen molar-refractivity contribution in [2.24, 2.45) is 0 Å². The molecule has 5 rings (SSSR count). The van der Waals surface area contributed by atoms with Gasteiger partial charge in [-0.1, -0.05) is 11.2 Å². The van der Waals surface area contributed by atoms with Gasteiger partial charge >= 0.3 is 0 Å². The second-order valence-corrected chi connectivity index (χ2v) is 9.93. The summed E-state index contributed by atoms with van der Waals surface area (Å²) < 4.78 is 11.1. The molecule has 0 saturated carbocycles. The van der Waals surface area contributed by atoms with Crippen LogP contribution in [-0.4, -0.2) is 49.4 Å². The van der Waals surface area contributed by atoms with Crippen molar-refractivity contribution in [2.45, 2.75) is 19.4 Å². The van der Waals surface area contributed by atoms with Crippen molar-refractivity contribution in [1.82, 2.24) is 20.8 Å². The van der Waals surface area contributed by atoms with Gasteiger partial charge in [-0.15, -0.1) is 22.7 Å². The number of hydrogen-bond acceptors (Lipinski definition) is 9. The van der Waals surface area contributed by atoms with Crippen LogP contribution in [0.25, 0.3) is 31.9 Å². The van der Waals surface area contributed by atoms with Gasteiger partial charge in [0.25, 0.3) is 0 Å². The van der Waals surface area contributed by atoms with Crippen molar-refractivity contribution in [1.29, 1.82) is 0 Å². The molecule has 1 amide bonds. The number of aromatic nitrogens is 2. The van der Waals surface area contributed by atoms with E-state index < -0.39 is 0 Å². The summed E-state index contributed by atoms with van der Waals surface area (Å²) in [4.78, 5) is 18.9. The predicted octanol–water partition coefficient (Wildman–Crippen LogP) is 3.89. The van der Waals surface area contributed by atoms with E-state index in [2.05, 4.69) is 27.2 Å². The van der Waals surface area contributed by atoms with E-state index in [4.69, 9.17) is 14.2 Å². The molecular weight excluding hydrogens is 458 g/mol. The van der Waals surface area contributed by atoms with Gasteiger partial charge in [0.15, 0.2) is 0 Å². The Labute approximate surface area is 199 Å². The highest BCUT2D eigenvalue weighted by atomic mass is 32.1. The van der Waals surface area contributed by atoms with Crippen LogP contribution in [0.3, 0.4) is 0 Å². The number of rotatable bonds is 9. The fourth-order valence-corrected chi connectivity index (χ4v) is 6.28. The summed E-state index contributed by atoms with van der Waals surface area (Å²) in [5, 5.41) is 15.5. The molecule has 0 saturated heterocycles. The van der Waals surface area contributed by atoms with Crippen LogP contribution >= 0.6 is 22.7 Å². The van der Waals surface area contributed by atoms with Crippen molar-refractivity contribution in [2.75, 3.05) is 38.7 Å². The highest BCUT2D eigenvalue weighted by Gasteiger charge is 2.25. The van der Waals surface area contributed by atoms with E-state index in [1.807, 2.05) is 12.1 Å². The van der Waals surface area contributed by atoms with Crippen molar-refractivity contribution < 1.29 is 14.1 Å². The zero-order valence-corrected chi connectivity index (χ0v) is 19.9. The maximum absolute atomic E-state index is 12.7. The summed E-state index contributed by atoms with van der Waals surface area (Å²) in [5.74, 6) is 0.00331. The maximum Gasteiger partial charge on any atom is 0.226 e. The molecule has 1 aliphatic heterocycles. The molecule has 3 aromatic heterocycles. The number of carbonyl (C=O) groups excluding carboxylic acids is 1. The van der Waals surface area contributed by atoms with Gasteiger partial charge in [-0.05, 0) is 36.2 Å². The first-order chi connectivity index (χ1) is 16.2. The summed E-state index contributed by atoms with van der Waals surface area (Å²) >= 11 is 3.31. The number of hydrogen-bond donors (Lipinski definition) is 3. The van der Waals surface area contributed by atoms with Crippen molar-refractivity contribution in [3.8, 4) is 21.7 Å². The maximum atomic E-state index is 12.7. The number of ether oxygens (including phenoxy) is 1. The first-order valence-corrected chi connectivity index (χ1v) is 12.5. The average molecular weight is 484 g/mol. The Hall–Kier alpha value is -2.63. The van der Waals surface area contributed by atoms with Gasteiger partial charge in [0.2, 0.25) is 5.91 Å². The molecule has 172 valence electrons. The average Bonchev–Trinajstić information content (AvgIpc) is 3.56. The Morgan fingerprint density at radius 3 is 3.06 bits per heavy atom. The van der Waals surface area contributed by atoms with Crippen LogP contribution in [0.5, 0.6) is 0 Å². The number of nitrogens with one attached hydrogen (secondary N) is 3. The van der Waals surface area contributed by atoms with Gasteiger partial charge < -0.3 is 25.2 Å². The molecule has 1 aliphatic rings. The summed E-state index contributed by atoms with van der Waals surface area (Å²) in [6.07, 6.45) is 4.69. The quantitative estimate of drug-likeness (QED) is 0.311. The predicted molar refractivity (Wildman–Crippen MR) is 132 cm³/mol. The van der Waals surface area contributed by atoms with Crippen molar-refractivity contribution in [3.05, 3.63) is 41.1 Å². The number of amides is 1. The lowest BCUT2D eigenvalue weighted by Gasteiger charge is -2.13. The van der Waals surface area contributed by atoms with Crippen molar-refractivity contribution >= 4 is 43.8 Å². The van der Waals surface area contributed by atoms with E-state index in [0.29, 0.717) is 19.6 Å². The van der Waals surface area contributed by atoms with Gasteiger partial charge in [0.05, 0.1) is 23.0 Å². The number of methoxy groups -OCH3 is 1. The largest absolute Gasteiger partial charge is 0.383 e. The topological polar surface area (TPSA) is 101 Å². The van der Waals surface area contributed by atoms with Gasteiger partial charge in [0.1, 0.15) is 16.3 Å². The monoisotopic (exact) mass is 483 g/mol. The highest BCUT2D eigenvalue weighted by molar-refractivity contribution is 7.23. The molecule has 4 heterocycles. The lowest BCUT2D eigenvalue weighted by atomic mass is 10.0. The highest BCUT2D eigenvalue weighted by Crippen LogP contribution is 2.45. The molecule has 0 radical (unpaired) electrons. The third-order valence-electron chi connectivity index (χ3n) is 5.56. The van der Waals surface area contributed by atoms with Crippen molar-refractivity contribution in [3.63, 3.8) is 0 Å². The van der Waals surface area contributed by atoms with Gasteiger partial charge in [0, 0.05) is 49.2 Å². The lowest BCUT2D eigenvalue weighted by molar-refractivity contribution is -0.116. The third-order valence-corrected chi connectivity index (χ3v) is 7.74. The van der Waals surface area contributed by atoms with Crippen LogP contribution in [-0.2, 0) is 22.5 Å². The van der Waals surface area contributed by atoms with Gasteiger partial charge in [-0.25, -0.2) is 4.98 Å². The minimum absolute atomic E-state index is 0.00331. The van der Waals surface area contributed by atoms with Gasteiger partial charge in [-0.3, -0.25) is 4.79 Å². The smallest absolute Gasteiger partial charge is 0.226 e. The number of benzene rings is 1. The second kappa shape index (κ2) is 10.1. The number of fused-ring (bicyclic) bond motifs is 2. The molecule has 4 aromatic rings. The Morgan fingerprint density at radius 2 is 2.21 bits per heavy atom. The standard InChI is InChI=1S/C23H25N5O3S2/c1-30-9-8-24-7-5-20(29)28-23-21(16-4-6-25-12-19(16)33-23)22-27-17-3-2-14(10-18(17)32-22)15-11-26-31-13-15/h2-3,10-11,13,24-25H,4-9,12H2,1H3,(H,28,29). The summed E-state index contributed by atoms with van der Waals surface area (Å²) in [7, 11) is 1.67. The molecular formula is C23H25N5O3S2. The first kappa shape index (κ1) is 22.2. The minimum Gasteiger partial charge on any atom is -0.383 e. The molecule has 8 nitrogen and oxygen atoms in total. The Morgan fingerprint density at radius 1 is 1.27 bits per heavy atom. The minimum atomic E-state index is 0.00331. The number of thiophene rings is 1. The Kier molecular flexibility index (Phi) is 6.79. The van der Waals surface area contributed by atoms with E-state index >= 15 is 0 Å². The normalized spacial score (nSPS) is 13.4. The summed E-state index contributed by atoms with van der Waals surface area (Å²) in [5.41, 5.74) is 5.31. The molecule has 1 aromatic carbocycles. The summed E-state index contributed by atoms with van der Waals surface area (Å²) in [6, 6.07) is 6.18. The zero-order valence-electron chi connectivity index (χ0n) is 18.3. The third kappa shape index (κ3) is 4.85. The van der Waals surface area contributed by atoms with E-state index in [-0.39, 0.29) is 5.91 Å². The van der Waals surface area contributed by atoms with Crippen LogP contribution in [0.15, 0.2) is 35.2 Å². The molecule has 0 aliphatic carbocycles.